The Balaban J connectivity index is 2.41. The monoisotopic (exact) mass is 292 g/mol. The van der Waals surface area contributed by atoms with E-state index < -0.39 is 0 Å². The number of rotatable bonds is 12. The zero-order valence-corrected chi connectivity index (χ0v) is 14.8. The predicted molar refractivity (Wildman–Crippen MR) is 92.9 cm³/mol. The third-order valence-corrected chi connectivity index (χ3v) is 4.36. The molecule has 2 nitrogen and oxygen atoms in total. The summed E-state index contributed by atoms with van der Waals surface area (Å²) in [5.41, 5.74) is 1.18. The fourth-order valence-corrected chi connectivity index (χ4v) is 3.03. The van der Waals surface area contributed by atoms with Crippen molar-refractivity contribution in [3.8, 4) is 0 Å². The van der Waals surface area contributed by atoms with E-state index >= 15 is 0 Å². The number of nitrogens with zero attached hydrogens (tertiary/aromatic N) is 2. The van der Waals surface area contributed by atoms with Crippen LogP contribution in [0.5, 0.6) is 0 Å². The van der Waals surface area contributed by atoms with E-state index in [2.05, 4.69) is 38.5 Å². The van der Waals surface area contributed by atoms with E-state index in [1.165, 1.54) is 75.7 Å². The topological polar surface area (TPSA) is 17.8 Å². The minimum Gasteiger partial charge on any atom is -0.334 e. The summed E-state index contributed by atoms with van der Waals surface area (Å²) in [6.45, 7) is 10.2. The molecule has 0 aliphatic rings. The zero-order chi connectivity index (χ0) is 15.5. The van der Waals surface area contributed by atoms with Crippen LogP contribution in [0, 0.1) is 6.92 Å². The number of unbranched alkanes of at least 4 members (excludes halogenated alkanes) is 7. The summed E-state index contributed by atoms with van der Waals surface area (Å²) >= 11 is 0. The Morgan fingerprint density at radius 3 is 2.24 bits per heavy atom. The summed E-state index contributed by atoms with van der Waals surface area (Å²) in [4.78, 5) is 4.79. The fraction of sp³-hybridized carbons (Fsp3) is 0.842. The molecule has 122 valence electrons. The summed E-state index contributed by atoms with van der Waals surface area (Å²) in [6, 6.07) is 0. The highest BCUT2D eigenvalue weighted by Gasteiger charge is 2.13. The summed E-state index contributed by atoms with van der Waals surface area (Å²) in [6.07, 6.45) is 15.7. The van der Waals surface area contributed by atoms with Crippen LogP contribution in [0.1, 0.15) is 102 Å². The Bertz CT molecular complexity index is 368. The average molecular weight is 293 g/mol. The maximum Gasteiger partial charge on any atom is 0.111 e. The lowest BCUT2D eigenvalue weighted by Gasteiger charge is -2.14. The maximum absolute atomic E-state index is 4.79. The van der Waals surface area contributed by atoms with E-state index in [9.17, 15) is 0 Å². The Hall–Kier alpha value is -0.790. The molecule has 0 bridgehead atoms. The molecule has 0 amide bonds. The van der Waals surface area contributed by atoms with Crippen molar-refractivity contribution in [2.75, 3.05) is 0 Å². The summed E-state index contributed by atoms with van der Waals surface area (Å²) in [5, 5.41) is 0. The van der Waals surface area contributed by atoms with E-state index in [1.807, 2.05) is 0 Å². The molecule has 0 aliphatic heterocycles. The zero-order valence-electron chi connectivity index (χ0n) is 14.8. The van der Waals surface area contributed by atoms with Crippen LogP contribution in [-0.2, 0) is 6.54 Å². The van der Waals surface area contributed by atoms with Gasteiger partial charge in [-0.25, -0.2) is 4.98 Å². The Labute approximate surface area is 132 Å². The third kappa shape index (κ3) is 7.15. The minimum atomic E-state index is 0.603. The van der Waals surface area contributed by atoms with Gasteiger partial charge in [0.25, 0.3) is 0 Å². The summed E-state index contributed by atoms with van der Waals surface area (Å²) in [5.74, 6) is 1.92. The number of imidazole rings is 1. The molecule has 0 radical (unpaired) electrons. The number of hydrogen-bond donors (Lipinski definition) is 0. The van der Waals surface area contributed by atoms with Crippen molar-refractivity contribution in [2.45, 2.75) is 104 Å². The van der Waals surface area contributed by atoms with Gasteiger partial charge in [-0.15, -0.1) is 0 Å². The lowest BCUT2D eigenvalue weighted by Crippen LogP contribution is -2.07. The van der Waals surface area contributed by atoms with E-state index in [0.29, 0.717) is 5.92 Å². The highest BCUT2D eigenvalue weighted by Crippen LogP contribution is 2.22. The minimum absolute atomic E-state index is 0.603. The van der Waals surface area contributed by atoms with Crippen LogP contribution < -0.4 is 0 Å². The number of aromatic nitrogens is 2. The number of hydrogen-bond acceptors (Lipinski definition) is 1. The van der Waals surface area contributed by atoms with Crippen LogP contribution in [0.4, 0.5) is 0 Å². The molecular weight excluding hydrogens is 256 g/mol. The van der Waals surface area contributed by atoms with Crippen molar-refractivity contribution in [1.82, 2.24) is 9.55 Å². The smallest absolute Gasteiger partial charge is 0.111 e. The van der Waals surface area contributed by atoms with Gasteiger partial charge in [0.2, 0.25) is 0 Å². The number of aryl methyl sites for hydroxylation is 2. The van der Waals surface area contributed by atoms with Crippen molar-refractivity contribution in [3.05, 3.63) is 17.7 Å². The molecule has 1 heterocycles. The normalized spacial score (nSPS) is 12.8. The first-order chi connectivity index (χ1) is 10.2. The molecule has 1 aromatic heterocycles. The fourth-order valence-electron chi connectivity index (χ4n) is 3.03. The van der Waals surface area contributed by atoms with Gasteiger partial charge in [0.05, 0.1) is 5.69 Å². The Kier molecular flexibility index (Phi) is 9.45. The van der Waals surface area contributed by atoms with E-state index in [1.54, 1.807) is 0 Å². The van der Waals surface area contributed by atoms with Crippen molar-refractivity contribution >= 4 is 0 Å². The summed E-state index contributed by atoms with van der Waals surface area (Å²) < 4.78 is 2.42. The Morgan fingerprint density at radius 2 is 1.57 bits per heavy atom. The average Bonchev–Trinajstić information content (AvgIpc) is 2.84. The maximum atomic E-state index is 4.79. The molecule has 0 fully saturated rings. The molecule has 0 aromatic carbocycles. The molecule has 0 saturated heterocycles. The Morgan fingerprint density at radius 1 is 0.952 bits per heavy atom. The predicted octanol–water partition coefficient (Wildman–Crippen LogP) is 6.24. The molecule has 1 unspecified atom stereocenters. The molecule has 1 rings (SSSR count). The first-order valence-electron chi connectivity index (χ1n) is 9.22. The van der Waals surface area contributed by atoms with Gasteiger partial charge < -0.3 is 4.57 Å². The quantitative estimate of drug-likeness (QED) is 0.417. The van der Waals surface area contributed by atoms with Gasteiger partial charge in [-0.3, -0.25) is 0 Å². The molecule has 1 atom stereocenters. The van der Waals surface area contributed by atoms with E-state index in [0.717, 1.165) is 6.54 Å². The van der Waals surface area contributed by atoms with Gasteiger partial charge in [0, 0.05) is 18.7 Å². The highest BCUT2D eigenvalue weighted by molar-refractivity contribution is 5.06. The van der Waals surface area contributed by atoms with Crippen molar-refractivity contribution < 1.29 is 0 Å². The highest BCUT2D eigenvalue weighted by atomic mass is 15.1. The van der Waals surface area contributed by atoms with Crippen LogP contribution >= 0.6 is 0 Å². The van der Waals surface area contributed by atoms with Gasteiger partial charge in [-0.1, -0.05) is 72.1 Å². The molecule has 0 saturated carbocycles. The van der Waals surface area contributed by atoms with Crippen LogP contribution in [-0.4, -0.2) is 9.55 Å². The molecule has 2 heteroatoms. The van der Waals surface area contributed by atoms with Gasteiger partial charge in [-0.05, 0) is 19.8 Å². The molecule has 0 spiro atoms. The largest absolute Gasteiger partial charge is 0.334 e. The SMILES string of the molecule is CCCCCCCn1cc(C)nc1C(C)CCCCCC. The van der Waals surface area contributed by atoms with Crippen molar-refractivity contribution in [1.29, 1.82) is 0 Å². The molecule has 0 aliphatic carbocycles. The van der Waals surface area contributed by atoms with Crippen molar-refractivity contribution in [3.63, 3.8) is 0 Å². The second kappa shape index (κ2) is 10.9. The second-order valence-electron chi connectivity index (χ2n) is 6.60. The van der Waals surface area contributed by atoms with E-state index in [-0.39, 0.29) is 0 Å². The lowest BCUT2D eigenvalue weighted by atomic mass is 10.0. The van der Waals surface area contributed by atoms with Gasteiger partial charge in [0.15, 0.2) is 0 Å². The van der Waals surface area contributed by atoms with Gasteiger partial charge in [-0.2, -0.15) is 0 Å². The standard InChI is InChI=1S/C19H36N2/c1-5-7-9-11-13-15-21-16-18(4)20-19(21)17(3)14-12-10-8-6-2/h16-17H,5-15H2,1-4H3. The summed E-state index contributed by atoms with van der Waals surface area (Å²) in [7, 11) is 0. The van der Waals surface area contributed by atoms with Crippen LogP contribution in [0.2, 0.25) is 0 Å². The van der Waals surface area contributed by atoms with E-state index in [4.69, 9.17) is 4.98 Å². The van der Waals surface area contributed by atoms with Gasteiger partial charge in [0.1, 0.15) is 5.82 Å². The third-order valence-electron chi connectivity index (χ3n) is 4.36. The first-order valence-corrected chi connectivity index (χ1v) is 9.22. The molecule has 0 N–H and O–H groups in total. The lowest BCUT2D eigenvalue weighted by molar-refractivity contribution is 0.509. The molecular formula is C19H36N2. The molecule has 1 aromatic rings. The first kappa shape index (κ1) is 18.3. The van der Waals surface area contributed by atoms with Crippen LogP contribution in [0.15, 0.2) is 6.20 Å². The van der Waals surface area contributed by atoms with Gasteiger partial charge >= 0.3 is 0 Å². The van der Waals surface area contributed by atoms with Crippen LogP contribution in [0.3, 0.4) is 0 Å². The van der Waals surface area contributed by atoms with Crippen LogP contribution in [0.25, 0.3) is 0 Å². The molecule has 21 heavy (non-hydrogen) atoms. The van der Waals surface area contributed by atoms with Crippen molar-refractivity contribution in [2.24, 2.45) is 0 Å². The second-order valence-corrected chi connectivity index (χ2v) is 6.60.